The molecule has 0 spiro atoms. The number of rotatable bonds is 3. The van der Waals surface area contributed by atoms with Crippen LogP contribution in [-0.4, -0.2) is 4.83 Å². The maximum absolute atomic E-state index is 5.84. The van der Waals surface area contributed by atoms with Gasteiger partial charge in [0.25, 0.3) is 0 Å². The number of benzene rings is 1. The molecule has 0 aromatic heterocycles. The van der Waals surface area contributed by atoms with Crippen LogP contribution in [0.5, 0.6) is 0 Å². The topological polar surface area (TPSA) is 0 Å². The Kier molecular flexibility index (Phi) is 4.66. The molecular formula is C13H18BrCl. The first-order valence-corrected chi connectivity index (χ1v) is 6.55. The van der Waals surface area contributed by atoms with Gasteiger partial charge >= 0.3 is 0 Å². The molecule has 0 bridgehead atoms. The zero-order valence-electron chi connectivity index (χ0n) is 9.56. The number of hydrogen-bond acceptors (Lipinski definition) is 0. The molecule has 0 nitrogen and oxygen atoms in total. The second-order valence-electron chi connectivity index (χ2n) is 5.19. The van der Waals surface area contributed by atoms with Gasteiger partial charge in [0, 0.05) is 9.85 Å². The van der Waals surface area contributed by atoms with Gasteiger partial charge in [0.1, 0.15) is 0 Å². The molecule has 0 radical (unpaired) electrons. The zero-order valence-corrected chi connectivity index (χ0v) is 11.9. The Hall–Kier alpha value is -0.0100. The van der Waals surface area contributed by atoms with E-state index < -0.39 is 0 Å². The Balaban J connectivity index is 2.51. The van der Waals surface area contributed by atoms with Crippen LogP contribution in [0.15, 0.2) is 24.3 Å². The van der Waals surface area contributed by atoms with Gasteiger partial charge in [0.15, 0.2) is 0 Å². The van der Waals surface area contributed by atoms with Crippen molar-refractivity contribution in [1.82, 2.24) is 0 Å². The molecule has 0 aliphatic rings. The predicted octanol–water partition coefficient (Wildman–Crippen LogP) is 5.08. The Morgan fingerprint density at radius 1 is 1.20 bits per heavy atom. The summed E-state index contributed by atoms with van der Waals surface area (Å²) >= 11 is 9.58. The van der Waals surface area contributed by atoms with E-state index in [0.717, 1.165) is 11.4 Å². The highest BCUT2D eigenvalue weighted by Gasteiger charge is 2.16. The van der Waals surface area contributed by atoms with Crippen LogP contribution >= 0.6 is 27.5 Å². The van der Waals surface area contributed by atoms with E-state index in [0.29, 0.717) is 10.2 Å². The SMILES string of the molecule is CC(C)(C)CC(Br)Cc1ccc(Cl)cc1. The molecule has 1 aromatic rings. The lowest BCUT2D eigenvalue weighted by atomic mass is 9.89. The first-order valence-electron chi connectivity index (χ1n) is 5.25. The van der Waals surface area contributed by atoms with Gasteiger partial charge in [-0.3, -0.25) is 0 Å². The zero-order chi connectivity index (χ0) is 11.5. The third-order valence-electron chi connectivity index (χ3n) is 2.20. The number of hydrogen-bond donors (Lipinski definition) is 0. The molecule has 0 heterocycles. The van der Waals surface area contributed by atoms with Gasteiger partial charge in [-0.25, -0.2) is 0 Å². The molecule has 0 saturated carbocycles. The first-order chi connectivity index (χ1) is 6.87. The van der Waals surface area contributed by atoms with Gasteiger partial charge in [0.05, 0.1) is 0 Å². The van der Waals surface area contributed by atoms with Crippen molar-refractivity contribution >= 4 is 27.5 Å². The van der Waals surface area contributed by atoms with Crippen molar-refractivity contribution in [1.29, 1.82) is 0 Å². The Bertz CT molecular complexity index is 297. The Morgan fingerprint density at radius 3 is 2.20 bits per heavy atom. The van der Waals surface area contributed by atoms with Crippen molar-refractivity contribution in [3.63, 3.8) is 0 Å². The standard InChI is InChI=1S/C13H18BrCl/c1-13(2,3)9-11(14)8-10-4-6-12(15)7-5-10/h4-7,11H,8-9H2,1-3H3. The lowest BCUT2D eigenvalue weighted by molar-refractivity contribution is 0.373. The molecule has 84 valence electrons. The molecule has 1 unspecified atom stereocenters. The minimum Gasteiger partial charge on any atom is -0.0887 e. The van der Waals surface area contributed by atoms with E-state index in [-0.39, 0.29) is 0 Å². The molecule has 0 aliphatic carbocycles. The summed E-state index contributed by atoms with van der Waals surface area (Å²) < 4.78 is 0. The lowest BCUT2D eigenvalue weighted by Gasteiger charge is -2.22. The highest BCUT2D eigenvalue weighted by atomic mass is 79.9. The Morgan fingerprint density at radius 2 is 1.73 bits per heavy atom. The van der Waals surface area contributed by atoms with E-state index >= 15 is 0 Å². The predicted molar refractivity (Wildman–Crippen MR) is 71.9 cm³/mol. The summed E-state index contributed by atoms with van der Waals surface area (Å²) in [6, 6.07) is 8.10. The van der Waals surface area contributed by atoms with Crippen LogP contribution in [0.4, 0.5) is 0 Å². The molecule has 0 fully saturated rings. The number of halogens is 2. The molecule has 0 N–H and O–H groups in total. The van der Waals surface area contributed by atoms with Gasteiger partial charge in [-0.2, -0.15) is 0 Å². The smallest absolute Gasteiger partial charge is 0.0406 e. The molecule has 1 atom stereocenters. The van der Waals surface area contributed by atoms with Crippen LogP contribution in [0.1, 0.15) is 32.8 Å². The van der Waals surface area contributed by atoms with E-state index in [1.165, 1.54) is 12.0 Å². The van der Waals surface area contributed by atoms with Crippen molar-refractivity contribution < 1.29 is 0 Å². The monoisotopic (exact) mass is 288 g/mol. The van der Waals surface area contributed by atoms with Gasteiger partial charge in [0.2, 0.25) is 0 Å². The highest BCUT2D eigenvalue weighted by Crippen LogP contribution is 2.27. The molecule has 1 aromatic carbocycles. The van der Waals surface area contributed by atoms with Crippen LogP contribution in [0.25, 0.3) is 0 Å². The third kappa shape index (κ3) is 5.58. The third-order valence-corrected chi connectivity index (χ3v) is 3.10. The van der Waals surface area contributed by atoms with Crippen molar-refractivity contribution in [2.24, 2.45) is 5.41 Å². The highest BCUT2D eigenvalue weighted by molar-refractivity contribution is 9.09. The van der Waals surface area contributed by atoms with Gasteiger partial charge < -0.3 is 0 Å². The minimum absolute atomic E-state index is 0.376. The molecule has 0 amide bonds. The van der Waals surface area contributed by atoms with Crippen molar-refractivity contribution in [3.05, 3.63) is 34.9 Å². The van der Waals surface area contributed by atoms with Crippen LogP contribution in [0.3, 0.4) is 0 Å². The average Bonchev–Trinajstić information content (AvgIpc) is 2.05. The van der Waals surface area contributed by atoms with Crippen LogP contribution in [-0.2, 0) is 6.42 Å². The summed E-state index contributed by atoms with van der Waals surface area (Å²) in [5, 5.41) is 0.806. The van der Waals surface area contributed by atoms with E-state index in [4.69, 9.17) is 11.6 Å². The van der Waals surface area contributed by atoms with E-state index in [1.807, 2.05) is 12.1 Å². The van der Waals surface area contributed by atoms with E-state index in [9.17, 15) is 0 Å². The average molecular weight is 290 g/mol. The molecular weight excluding hydrogens is 272 g/mol. The fourth-order valence-corrected chi connectivity index (χ4v) is 3.08. The van der Waals surface area contributed by atoms with E-state index in [1.54, 1.807) is 0 Å². The molecule has 2 heteroatoms. The normalized spacial score (nSPS) is 13.9. The van der Waals surface area contributed by atoms with Crippen LogP contribution < -0.4 is 0 Å². The second kappa shape index (κ2) is 5.36. The fraction of sp³-hybridized carbons (Fsp3) is 0.538. The molecule has 1 rings (SSSR count). The summed E-state index contributed by atoms with van der Waals surface area (Å²) in [4.78, 5) is 0.540. The van der Waals surface area contributed by atoms with Crippen molar-refractivity contribution in [2.45, 2.75) is 38.4 Å². The van der Waals surface area contributed by atoms with Gasteiger partial charge in [-0.1, -0.05) is 60.4 Å². The minimum atomic E-state index is 0.376. The van der Waals surface area contributed by atoms with Crippen LogP contribution in [0, 0.1) is 5.41 Å². The largest absolute Gasteiger partial charge is 0.0887 e. The fourth-order valence-electron chi connectivity index (χ4n) is 1.61. The second-order valence-corrected chi connectivity index (χ2v) is 6.92. The summed E-state index contributed by atoms with van der Waals surface area (Å²) in [5.41, 5.74) is 1.71. The van der Waals surface area contributed by atoms with Crippen LogP contribution in [0.2, 0.25) is 5.02 Å². The Labute approximate surface area is 106 Å². The van der Waals surface area contributed by atoms with E-state index in [2.05, 4.69) is 48.8 Å². The summed E-state index contributed by atoms with van der Waals surface area (Å²) in [6.45, 7) is 6.80. The van der Waals surface area contributed by atoms with Gasteiger partial charge in [-0.15, -0.1) is 0 Å². The molecule has 0 aliphatic heterocycles. The molecule has 15 heavy (non-hydrogen) atoms. The summed E-state index contributed by atoms with van der Waals surface area (Å²) in [7, 11) is 0. The first kappa shape index (κ1) is 13.1. The summed E-state index contributed by atoms with van der Waals surface area (Å²) in [6.07, 6.45) is 2.24. The molecule has 0 saturated heterocycles. The van der Waals surface area contributed by atoms with Crippen molar-refractivity contribution in [2.75, 3.05) is 0 Å². The van der Waals surface area contributed by atoms with Gasteiger partial charge in [-0.05, 0) is 36.0 Å². The number of alkyl halides is 1. The van der Waals surface area contributed by atoms with Crippen molar-refractivity contribution in [3.8, 4) is 0 Å². The lowest BCUT2D eigenvalue weighted by Crippen LogP contribution is -2.14. The quantitative estimate of drug-likeness (QED) is 0.681. The summed E-state index contributed by atoms with van der Waals surface area (Å²) in [5.74, 6) is 0. The maximum Gasteiger partial charge on any atom is 0.0406 e. The maximum atomic E-state index is 5.84.